The Balaban J connectivity index is 1.49. The number of piperazine rings is 1. The molecular weight excluding hydrogens is 324 g/mol. The van der Waals surface area contributed by atoms with E-state index < -0.39 is 0 Å². The molecule has 1 aliphatic rings. The molecular formula is C21H28N4O. The van der Waals surface area contributed by atoms with E-state index in [1.54, 1.807) is 7.11 Å². The molecule has 2 aromatic carbocycles. The number of hydrogen-bond acceptors (Lipinski definition) is 3. The van der Waals surface area contributed by atoms with Crippen LogP contribution >= 0.6 is 0 Å². The van der Waals surface area contributed by atoms with Crippen molar-refractivity contribution in [3.05, 3.63) is 60.2 Å². The minimum atomic E-state index is 0.839. The number of ether oxygens (including phenoxy) is 1. The molecule has 0 aromatic heterocycles. The second-order valence-corrected chi connectivity index (χ2v) is 6.35. The average molecular weight is 352 g/mol. The fraction of sp³-hybridized carbons (Fsp3) is 0.381. The van der Waals surface area contributed by atoms with Gasteiger partial charge in [-0.05, 0) is 30.2 Å². The van der Waals surface area contributed by atoms with Gasteiger partial charge in [-0.2, -0.15) is 0 Å². The largest absolute Gasteiger partial charge is 0.496 e. The van der Waals surface area contributed by atoms with Crippen LogP contribution in [-0.4, -0.2) is 57.7 Å². The van der Waals surface area contributed by atoms with E-state index in [0.717, 1.165) is 50.9 Å². The van der Waals surface area contributed by atoms with Gasteiger partial charge in [-0.1, -0.05) is 36.4 Å². The summed E-state index contributed by atoms with van der Waals surface area (Å²) in [5, 5.41) is 3.50. The van der Waals surface area contributed by atoms with Gasteiger partial charge in [0, 0.05) is 45.5 Å². The van der Waals surface area contributed by atoms with Crippen LogP contribution in [0.3, 0.4) is 0 Å². The predicted molar refractivity (Wildman–Crippen MR) is 108 cm³/mol. The fourth-order valence-corrected chi connectivity index (χ4v) is 3.37. The minimum absolute atomic E-state index is 0.839. The van der Waals surface area contributed by atoms with E-state index in [9.17, 15) is 0 Å². The smallest absolute Gasteiger partial charge is 0.193 e. The number of rotatable bonds is 5. The summed E-state index contributed by atoms with van der Waals surface area (Å²) in [5.41, 5.74) is 2.51. The molecule has 0 amide bonds. The SMILES string of the molecule is CN=C(NCCc1ccccc1OC)N1CCN(c2ccccc2)CC1. The molecule has 3 rings (SSSR count). The van der Waals surface area contributed by atoms with Gasteiger partial charge < -0.3 is 19.9 Å². The van der Waals surface area contributed by atoms with Crippen LogP contribution in [0.2, 0.25) is 0 Å². The molecule has 0 spiro atoms. The number of nitrogens with one attached hydrogen (secondary N) is 1. The molecule has 26 heavy (non-hydrogen) atoms. The van der Waals surface area contributed by atoms with Crippen molar-refractivity contribution in [2.75, 3.05) is 51.8 Å². The van der Waals surface area contributed by atoms with Crippen molar-refractivity contribution in [1.82, 2.24) is 10.2 Å². The lowest BCUT2D eigenvalue weighted by molar-refractivity contribution is 0.372. The van der Waals surface area contributed by atoms with Gasteiger partial charge in [0.2, 0.25) is 0 Å². The number of aliphatic imine (C=N–C) groups is 1. The molecule has 5 nitrogen and oxygen atoms in total. The van der Waals surface area contributed by atoms with E-state index in [0.29, 0.717) is 0 Å². The number of guanidine groups is 1. The Morgan fingerprint density at radius 2 is 1.69 bits per heavy atom. The van der Waals surface area contributed by atoms with Gasteiger partial charge in [-0.15, -0.1) is 0 Å². The van der Waals surface area contributed by atoms with E-state index in [2.05, 4.69) is 62.6 Å². The first-order valence-electron chi connectivity index (χ1n) is 9.19. The van der Waals surface area contributed by atoms with Gasteiger partial charge in [0.05, 0.1) is 7.11 Å². The van der Waals surface area contributed by atoms with Crippen LogP contribution in [0.1, 0.15) is 5.56 Å². The standard InChI is InChI=1S/C21H28N4O/c1-22-21(23-13-12-18-8-6-7-11-20(18)26-2)25-16-14-24(15-17-25)19-9-4-3-5-10-19/h3-11H,12-17H2,1-2H3,(H,22,23). The highest BCUT2D eigenvalue weighted by atomic mass is 16.5. The Hall–Kier alpha value is -2.69. The summed E-state index contributed by atoms with van der Waals surface area (Å²) in [7, 11) is 3.58. The van der Waals surface area contributed by atoms with Gasteiger partial charge in [0.25, 0.3) is 0 Å². The zero-order chi connectivity index (χ0) is 18.2. The van der Waals surface area contributed by atoms with E-state index >= 15 is 0 Å². The predicted octanol–water partition coefficient (Wildman–Crippen LogP) is 2.64. The van der Waals surface area contributed by atoms with Gasteiger partial charge in [0.1, 0.15) is 5.75 Å². The Bertz CT molecular complexity index is 709. The van der Waals surface area contributed by atoms with Gasteiger partial charge >= 0.3 is 0 Å². The van der Waals surface area contributed by atoms with E-state index in [1.165, 1.54) is 11.3 Å². The Morgan fingerprint density at radius 1 is 1.00 bits per heavy atom. The maximum atomic E-state index is 5.43. The molecule has 1 aliphatic heterocycles. The molecule has 5 heteroatoms. The molecule has 0 bridgehead atoms. The minimum Gasteiger partial charge on any atom is -0.496 e. The van der Waals surface area contributed by atoms with Crippen molar-refractivity contribution in [2.24, 2.45) is 4.99 Å². The maximum Gasteiger partial charge on any atom is 0.193 e. The first kappa shape index (κ1) is 18.1. The number of para-hydroxylation sites is 2. The first-order chi connectivity index (χ1) is 12.8. The van der Waals surface area contributed by atoms with Crippen LogP contribution in [0.4, 0.5) is 5.69 Å². The third kappa shape index (κ3) is 4.48. The van der Waals surface area contributed by atoms with E-state index in [-0.39, 0.29) is 0 Å². The summed E-state index contributed by atoms with van der Waals surface area (Å²) >= 11 is 0. The van der Waals surface area contributed by atoms with E-state index in [4.69, 9.17) is 4.74 Å². The summed E-state index contributed by atoms with van der Waals surface area (Å²) < 4.78 is 5.43. The van der Waals surface area contributed by atoms with Crippen LogP contribution in [0.5, 0.6) is 5.75 Å². The molecule has 1 saturated heterocycles. The van der Waals surface area contributed by atoms with Gasteiger partial charge in [-0.25, -0.2) is 0 Å². The molecule has 138 valence electrons. The van der Waals surface area contributed by atoms with Crippen molar-refractivity contribution < 1.29 is 4.74 Å². The third-order valence-corrected chi connectivity index (χ3v) is 4.78. The fourth-order valence-electron chi connectivity index (χ4n) is 3.37. The lowest BCUT2D eigenvalue weighted by Gasteiger charge is -2.37. The highest BCUT2D eigenvalue weighted by Crippen LogP contribution is 2.18. The first-order valence-corrected chi connectivity index (χ1v) is 9.19. The van der Waals surface area contributed by atoms with Gasteiger partial charge in [-0.3, -0.25) is 4.99 Å². The molecule has 0 atom stereocenters. The van der Waals surface area contributed by atoms with Crippen LogP contribution in [0.15, 0.2) is 59.6 Å². The molecule has 1 heterocycles. The molecule has 0 saturated carbocycles. The molecule has 1 fully saturated rings. The molecule has 0 aliphatic carbocycles. The van der Waals surface area contributed by atoms with Crippen molar-refractivity contribution >= 4 is 11.6 Å². The zero-order valence-electron chi connectivity index (χ0n) is 15.7. The Labute approximate surface area is 156 Å². The summed E-state index contributed by atoms with van der Waals surface area (Å²) in [4.78, 5) is 9.23. The number of benzene rings is 2. The second kappa shape index (κ2) is 9.13. The zero-order valence-corrected chi connectivity index (χ0v) is 15.7. The molecule has 0 radical (unpaired) electrons. The number of methoxy groups -OCH3 is 1. The summed E-state index contributed by atoms with van der Waals surface area (Å²) in [6, 6.07) is 18.8. The van der Waals surface area contributed by atoms with Crippen LogP contribution < -0.4 is 15.0 Å². The van der Waals surface area contributed by atoms with Crippen molar-refractivity contribution in [2.45, 2.75) is 6.42 Å². The summed E-state index contributed by atoms with van der Waals surface area (Å²) in [5.74, 6) is 1.92. The molecule has 2 aromatic rings. The molecule has 0 unspecified atom stereocenters. The van der Waals surface area contributed by atoms with Crippen LogP contribution in [0, 0.1) is 0 Å². The number of hydrogen-bond donors (Lipinski definition) is 1. The lowest BCUT2D eigenvalue weighted by atomic mass is 10.1. The van der Waals surface area contributed by atoms with Crippen molar-refractivity contribution in [3.8, 4) is 5.75 Å². The summed E-state index contributed by atoms with van der Waals surface area (Å²) in [6.07, 6.45) is 0.910. The quantitative estimate of drug-likeness (QED) is 0.663. The third-order valence-electron chi connectivity index (χ3n) is 4.78. The highest BCUT2D eigenvalue weighted by molar-refractivity contribution is 5.80. The Kier molecular flexibility index (Phi) is 6.36. The summed E-state index contributed by atoms with van der Waals surface area (Å²) in [6.45, 7) is 4.81. The second-order valence-electron chi connectivity index (χ2n) is 6.35. The number of anilines is 1. The maximum absolute atomic E-state index is 5.43. The van der Waals surface area contributed by atoms with Crippen molar-refractivity contribution in [1.29, 1.82) is 0 Å². The highest BCUT2D eigenvalue weighted by Gasteiger charge is 2.19. The monoisotopic (exact) mass is 352 g/mol. The van der Waals surface area contributed by atoms with Crippen molar-refractivity contribution in [3.63, 3.8) is 0 Å². The lowest BCUT2D eigenvalue weighted by Crippen LogP contribution is -2.52. The van der Waals surface area contributed by atoms with Crippen LogP contribution in [0.25, 0.3) is 0 Å². The van der Waals surface area contributed by atoms with Crippen LogP contribution in [-0.2, 0) is 6.42 Å². The number of nitrogens with zero attached hydrogens (tertiary/aromatic N) is 3. The topological polar surface area (TPSA) is 40.1 Å². The molecule has 1 N–H and O–H groups in total. The van der Waals surface area contributed by atoms with E-state index in [1.807, 2.05) is 19.2 Å². The van der Waals surface area contributed by atoms with Gasteiger partial charge in [0.15, 0.2) is 5.96 Å². The average Bonchev–Trinajstić information content (AvgIpc) is 2.72. The normalized spacial score (nSPS) is 15.1. The Morgan fingerprint density at radius 3 is 2.38 bits per heavy atom.